The molecule has 0 fully saturated rings. The highest BCUT2D eigenvalue weighted by Crippen LogP contribution is 2.29. The van der Waals surface area contributed by atoms with E-state index in [-0.39, 0.29) is 5.78 Å². The number of hydrogen-bond acceptors (Lipinski definition) is 4. The van der Waals surface area contributed by atoms with Gasteiger partial charge in [-0.05, 0) is 43.3 Å². The summed E-state index contributed by atoms with van der Waals surface area (Å²) < 4.78 is 10.9. The number of hydrogen-bond donors (Lipinski definition) is 0. The second-order valence-corrected chi connectivity index (χ2v) is 5.10. The Morgan fingerprint density at radius 1 is 1.10 bits per heavy atom. The first-order chi connectivity index (χ1) is 9.70. The van der Waals surface area contributed by atoms with Crippen molar-refractivity contribution in [1.29, 1.82) is 0 Å². The van der Waals surface area contributed by atoms with Gasteiger partial charge in [0.1, 0.15) is 17.4 Å². The molecule has 0 aliphatic carbocycles. The van der Waals surface area contributed by atoms with Crippen LogP contribution in [0.4, 0.5) is 0 Å². The summed E-state index contributed by atoms with van der Waals surface area (Å²) in [7, 11) is 1.65. The van der Waals surface area contributed by atoms with Crippen molar-refractivity contribution in [1.82, 2.24) is 0 Å². The van der Waals surface area contributed by atoms with Crippen molar-refractivity contribution in [3.05, 3.63) is 54.1 Å². The molecule has 0 N–H and O–H groups in total. The van der Waals surface area contributed by atoms with Gasteiger partial charge in [-0.25, -0.2) is 0 Å². The number of thioether (sulfide) groups is 1. The lowest BCUT2D eigenvalue weighted by Crippen LogP contribution is -1.95. The van der Waals surface area contributed by atoms with Crippen LogP contribution in [-0.2, 0) is 0 Å². The van der Waals surface area contributed by atoms with E-state index in [2.05, 4.69) is 0 Å². The summed E-state index contributed by atoms with van der Waals surface area (Å²) in [6.07, 6.45) is 0. The predicted molar refractivity (Wildman–Crippen MR) is 80.8 cm³/mol. The van der Waals surface area contributed by atoms with Crippen LogP contribution in [-0.4, -0.2) is 18.8 Å². The van der Waals surface area contributed by atoms with E-state index >= 15 is 0 Å². The highest BCUT2D eigenvalue weighted by molar-refractivity contribution is 7.99. The fourth-order valence-corrected chi connectivity index (χ4v) is 2.48. The van der Waals surface area contributed by atoms with Gasteiger partial charge < -0.3 is 9.47 Å². The smallest absolute Gasteiger partial charge is 0.159 e. The van der Waals surface area contributed by atoms with E-state index in [1.807, 2.05) is 24.3 Å². The van der Waals surface area contributed by atoms with Crippen LogP contribution >= 0.6 is 11.8 Å². The van der Waals surface area contributed by atoms with E-state index in [0.717, 1.165) is 16.4 Å². The molecule has 20 heavy (non-hydrogen) atoms. The number of carbonyl (C=O) groups excluding carboxylic acids is 1. The van der Waals surface area contributed by atoms with Crippen LogP contribution in [0.25, 0.3) is 0 Å². The summed E-state index contributed by atoms with van der Waals surface area (Å²) in [5.74, 6) is 2.13. The molecule has 104 valence electrons. The lowest BCUT2D eigenvalue weighted by Gasteiger charge is -2.09. The number of ether oxygens (including phenoxy) is 2. The molecule has 3 nitrogen and oxygen atoms in total. The number of carbonyl (C=O) groups is 1. The minimum atomic E-state index is 0.0555. The monoisotopic (exact) mass is 288 g/mol. The maximum atomic E-state index is 11.2. The molecule has 0 atom stereocenters. The minimum Gasteiger partial charge on any atom is -0.496 e. The molecule has 4 heteroatoms. The van der Waals surface area contributed by atoms with Crippen LogP contribution < -0.4 is 9.47 Å². The molecule has 0 aliphatic heterocycles. The number of rotatable bonds is 6. The zero-order valence-corrected chi connectivity index (χ0v) is 12.3. The maximum Gasteiger partial charge on any atom is 0.159 e. The first-order valence-corrected chi connectivity index (χ1v) is 7.19. The molecule has 0 aromatic heterocycles. The Hall–Kier alpha value is -1.94. The van der Waals surface area contributed by atoms with E-state index in [0.29, 0.717) is 11.5 Å². The third-order valence-electron chi connectivity index (χ3n) is 2.77. The van der Waals surface area contributed by atoms with Gasteiger partial charge >= 0.3 is 0 Å². The highest BCUT2D eigenvalue weighted by atomic mass is 32.2. The molecule has 0 amide bonds. The minimum absolute atomic E-state index is 0.0555. The Balaban J connectivity index is 1.91. The third-order valence-corrected chi connectivity index (χ3v) is 3.65. The Kier molecular flexibility index (Phi) is 5.07. The van der Waals surface area contributed by atoms with Crippen LogP contribution in [0.5, 0.6) is 11.5 Å². The Morgan fingerprint density at radius 3 is 2.45 bits per heavy atom. The fraction of sp³-hybridized carbons (Fsp3) is 0.188. The maximum absolute atomic E-state index is 11.2. The molecular weight excluding hydrogens is 272 g/mol. The van der Waals surface area contributed by atoms with Crippen molar-refractivity contribution in [3.8, 4) is 11.5 Å². The van der Waals surface area contributed by atoms with Crippen LogP contribution in [0.15, 0.2) is 53.4 Å². The summed E-state index contributed by atoms with van der Waals surface area (Å²) in [4.78, 5) is 12.2. The standard InChI is InChI=1S/C16H16O3S/c1-12(17)13-7-9-14(10-8-13)19-11-20-16-6-4-3-5-15(16)18-2/h3-10H,11H2,1-2H3. The Morgan fingerprint density at radius 2 is 1.80 bits per heavy atom. The molecular formula is C16H16O3S. The van der Waals surface area contributed by atoms with Gasteiger partial charge in [0.25, 0.3) is 0 Å². The summed E-state index contributed by atoms with van der Waals surface area (Å²) in [5.41, 5.74) is 0.690. The van der Waals surface area contributed by atoms with Crippen LogP contribution in [0.3, 0.4) is 0 Å². The molecule has 2 rings (SSSR count). The van der Waals surface area contributed by atoms with Gasteiger partial charge in [0.2, 0.25) is 0 Å². The van der Waals surface area contributed by atoms with E-state index in [1.54, 1.807) is 50.1 Å². The first kappa shape index (κ1) is 14.5. The van der Waals surface area contributed by atoms with Crippen molar-refractivity contribution in [2.45, 2.75) is 11.8 Å². The van der Waals surface area contributed by atoms with Gasteiger partial charge in [-0.1, -0.05) is 23.9 Å². The van der Waals surface area contributed by atoms with Crippen molar-refractivity contribution >= 4 is 17.5 Å². The Labute approximate surface area is 122 Å². The average Bonchev–Trinajstić information content (AvgIpc) is 2.48. The molecule has 0 aliphatic rings. The SMILES string of the molecule is COc1ccccc1SCOc1ccc(C(C)=O)cc1. The lowest BCUT2D eigenvalue weighted by molar-refractivity contribution is 0.101. The number of Topliss-reactive ketones (excluding diaryl/α,β-unsaturated/α-hetero) is 1. The van der Waals surface area contributed by atoms with E-state index in [4.69, 9.17) is 9.47 Å². The predicted octanol–water partition coefficient (Wildman–Crippen LogP) is 4.03. The molecule has 0 unspecified atom stereocenters. The first-order valence-electron chi connectivity index (χ1n) is 6.20. The normalized spacial score (nSPS) is 10.1. The fourth-order valence-electron chi connectivity index (χ4n) is 1.68. The van der Waals surface area contributed by atoms with Gasteiger partial charge in [0.05, 0.1) is 12.0 Å². The van der Waals surface area contributed by atoms with Crippen molar-refractivity contribution in [2.75, 3.05) is 13.0 Å². The molecule has 2 aromatic rings. The molecule has 0 saturated carbocycles. The summed E-state index contributed by atoms with van der Waals surface area (Å²) >= 11 is 1.56. The van der Waals surface area contributed by atoms with E-state index in [1.165, 1.54) is 0 Å². The van der Waals surface area contributed by atoms with Gasteiger partial charge in [-0.2, -0.15) is 0 Å². The zero-order valence-electron chi connectivity index (χ0n) is 11.5. The molecule has 0 bridgehead atoms. The van der Waals surface area contributed by atoms with E-state index in [9.17, 15) is 4.79 Å². The lowest BCUT2D eigenvalue weighted by atomic mass is 10.1. The summed E-state index contributed by atoms with van der Waals surface area (Å²) in [5, 5.41) is 0. The van der Waals surface area contributed by atoms with Crippen molar-refractivity contribution in [2.24, 2.45) is 0 Å². The van der Waals surface area contributed by atoms with Crippen LogP contribution in [0, 0.1) is 0 Å². The van der Waals surface area contributed by atoms with Gasteiger partial charge in [-0.15, -0.1) is 0 Å². The van der Waals surface area contributed by atoms with E-state index < -0.39 is 0 Å². The second kappa shape index (κ2) is 7.01. The van der Waals surface area contributed by atoms with Crippen LogP contribution in [0.2, 0.25) is 0 Å². The molecule has 0 radical (unpaired) electrons. The molecule has 0 spiro atoms. The summed E-state index contributed by atoms with van der Waals surface area (Å²) in [6, 6.07) is 15.0. The van der Waals surface area contributed by atoms with Crippen LogP contribution in [0.1, 0.15) is 17.3 Å². The quantitative estimate of drug-likeness (QED) is 0.457. The number of ketones is 1. The van der Waals surface area contributed by atoms with Gasteiger partial charge in [0.15, 0.2) is 5.78 Å². The summed E-state index contributed by atoms with van der Waals surface area (Å²) in [6.45, 7) is 1.55. The van der Waals surface area contributed by atoms with Crippen molar-refractivity contribution < 1.29 is 14.3 Å². The van der Waals surface area contributed by atoms with Crippen molar-refractivity contribution in [3.63, 3.8) is 0 Å². The number of methoxy groups -OCH3 is 1. The topological polar surface area (TPSA) is 35.5 Å². The highest BCUT2D eigenvalue weighted by Gasteiger charge is 2.03. The molecule has 2 aromatic carbocycles. The Bertz CT molecular complexity index is 579. The van der Waals surface area contributed by atoms with Gasteiger partial charge in [-0.3, -0.25) is 4.79 Å². The third kappa shape index (κ3) is 3.78. The molecule has 0 saturated heterocycles. The number of benzene rings is 2. The van der Waals surface area contributed by atoms with Gasteiger partial charge in [0, 0.05) is 5.56 Å². The molecule has 0 heterocycles. The number of para-hydroxylation sites is 1. The average molecular weight is 288 g/mol. The second-order valence-electron chi connectivity index (χ2n) is 4.14. The largest absolute Gasteiger partial charge is 0.496 e. The zero-order chi connectivity index (χ0) is 14.4.